The van der Waals surface area contributed by atoms with Crippen molar-refractivity contribution in [2.75, 3.05) is 5.32 Å². The summed E-state index contributed by atoms with van der Waals surface area (Å²) in [5, 5.41) is 36.4. The van der Waals surface area contributed by atoms with Gasteiger partial charge in [-0.15, -0.1) is 0 Å². The van der Waals surface area contributed by atoms with E-state index in [1.54, 1.807) is 24.7 Å². The van der Waals surface area contributed by atoms with Crippen molar-refractivity contribution in [3.63, 3.8) is 0 Å². The average molecular weight is 483 g/mol. The van der Waals surface area contributed by atoms with Gasteiger partial charge in [-0.1, -0.05) is 44.2 Å². The summed E-state index contributed by atoms with van der Waals surface area (Å²) in [7, 11) is 0. The number of aliphatic hydroxyl groups is 2. The van der Waals surface area contributed by atoms with Crippen molar-refractivity contribution < 1.29 is 24.9 Å². The number of hydrogen-bond acceptors (Lipinski definition) is 8. The Kier molecular flexibility index (Phi) is 6.99. The molecule has 0 aliphatic heterocycles. The van der Waals surface area contributed by atoms with Crippen molar-refractivity contribution in [1.29, 1.82) is 0 Å². The summed E-state index contributed by atoms with van der Waals surface area (Å²) in [5.41, 5.74) is 1.38. The van der Waals surface area contributed by atoms with E-state index in [9.17, 15) is 19.8 Å². The molecule has 1 aromatic carbocycles. The highest BCUT2D eigenvalue weighted by molar-refractivity contribution is 5.83. The van der Waals surface area contributed by atoms with Crippen LogP contribution < -0.4 is 10.6 Å². The SMILES string of the molecule is CC(C)(CC(=O)O)CC(=O)N[C@@H]1C[C@H](n2cnc3c(NCc4ccccc4)ncnc32)[C@H](O)[C@@H]1O. The number of carboxylic acids is 1. The summed E-state index contributed by atoms with van der Waals surface area (Å²) in [6.07, 6.45) is 0.710. The molecule has 1 aliphatic rings. The van der Waals surface area contributed by atoms with Gasteiger partial charge in [0.2, 0.25) is 5.91 Å². The lowest BCUT2D eigenvalue weighted by Gasteiger charge is -2.24. The lowest BCUT2D eigenvalue weighted by molar-refractivity contribution is -0.139. The number of nitrogens with zero attached hydrogens (tertiary/aromatic N) is 4. The molecule has 0 saturated heterocycles. The molecular weight excluding hydrogens is 452 g/mol. The molecule has 2 heterocycles. The molecule has 11 heteroatoms. The Morgan fingerprint density at radius 1 is 1.09 bits per heavy atom. The van der Waals surface area contributed by atoms with Gasteiger partial charge in [0.15, 0.2) is 11.5 Å². The molecule has 0 unspecified atom stereocenters. The van der Waals surface area contributed by atoms with Crippen LogP contribution in [-0.2, 0) is 16.1 Å². The highest BCUT2D eigenvalue weighted by atomic mass is 16.4. The number of aliphatic hydroxyl groups excluding tert-OH is 2. The normalized spacial score (nSPS) is 22.3. The van der Waals surface area contributed by atoms with Crippen LogP contribution in [0.25, 0.3) is 11.2 Å². The molecule has 1 fully saturated rings. The molecule has 1 aliphatic carbocycles. The number of rotatable bonds is 9. The maximum atomic E-state index is 12.5. The fourth-order valence-electron chi connectivity index (χ4n) is 4.60. The molecule has 3 aromatic rings. The predicted octanol–water partition coefficient (Wildman–Crippen LogP) is 1.48. The maximum absolute atomic E-state index is 12.5. The van der Waals surface area contributed by atoms with Crippen molar-refractivity contribution in [1.82, 2.24) is 24.8 Å². The first-order valence-electron chi connectivity index (χ1n) is 11.5. The Bertz CT molecular complexity index is 1200. The van der Waals surface area contributed by atoms with Crippen molar-refractivity contribution in [3.05, 3.63) is 48.5 Å². The van der Waals surface area contributed by atoms with Gasteiger partial charge >= 0.3 is 5.97 Å². The third-order valence-corrected chi connectivity index (χ3v) is 6.29. The quantitative estimate of drug-likeness (QED) is 0.304. The van der Waals surface area contributed by atoms with E-state index in [1.807, 2.05) is 30.3 Å². The van der Waals surface area contributed by atoms with E-state index in [2.05, 4.69) is 25.6 Å². The zero-order chi connectivity index (χ0) is 25.2. The lowest BCUT2D eigenvalue weighted by Crippen LogP contribution is -2.44. The largest absolute Gasteiger partial charge is 0.481 e. The molecule has 11 nitrogen and oxygen atoms in total. The highest BCUT2D eigenvalue weighted by Crippen LogP contribution is 2.34. The van der Waals surface area contributed by atoms with Crippen LogP contribution >= 0.6 is 0 Å². The number of hydrogen-bond donors (Lipinski definition) is 5. The fraction of sp³-hybridized carbons (Fsp3) is 0.458. The topological polar surface area (TPSA) is 162 Å². The van der Waals surface area contributed by atoms with Crippen LogP contribution in [0.15, 0.2) is 43.0 Å². The average Bonchev–Trinajstić information content (AvgIpc) is 3.34. The maximum Gasteiger partial charge on any atom is 0.303 e. The van der Waals surface area contributed by atoms with E-state index >= 15 is 0 Å². The number of imidazole rings is 1. The zero-order valence-electron chi connectivity index (χ0n) is 19.6. The highest BCUT2D eigenvalue weighted by Gasteiger charge is 2.44. The molecule has 2 aromatic heterocycles. The molecule has 35 heavy (non-hydrogen) atoms. The summed E-state index contributed by atoms with van der Waals surface area (Å²) >= 11 is 0. The molecule has 1 amide bonds. The first-order chi connectivity index (χ1) is 16.6. The fourth-order valence-corrected chi connectivity index (χ4v) is 4.60. The van der Waals surface area contributed by atoms with Crippen LogP contribution in [0.5, 0.6) is 0 Å². The number of carbonyl (C=O) groups excluding carboxylic acids is 1. The first-order valence-corrected chi connectivity index (χ1v) is 11.5. The smallest absolute Gasteiger partial charge is 0.303 e. The summed E-state index contributed by atoms with van der Waals surface area (Å²) < 4.78 is 1.69. The lowest BCUT2D eigenvalue weighted by atomic mass is 9.85. The van der Waals surface area contributed by atoms with E-state index in [-0.39, 0.29) is 25.2 Å². The molecule has 4 atom stereocenters. The van der Waals surface area contributed by atoms with Gasteiger partial charge in [0.1, 0.15) is 24.1 Å². The molecular formula is C24H30N6O5. The van der Waals surface area contributed by atoms with Crippen LogP contribution in [0.3, 0.4) is 0 Å². The summed E-state index contributed by atoms with van der Waals surface area (Å²) in [6.45, 7) is 3.95. The zero-order valence-corrected chi connectivity index (χ0v) is 19.6. The Hall–Kier alpha value is -3.57. The molecule has 0 spiro atoms. The summed E-state index contributed by atoms with van der Waals surface area (Å²) in [4.78, 5) is 36.6. The number of amides is 1. The standard InChI is InChI=1S/C24H30N6O5/c1-24(2,10-18(32)33)9-17(31)29-15-8-16(21(35)20(15)34)30-13-28-19-22(26-12-27-23(19)30)25-11-14-6-4-3-5-7-14/h3-7,12-13,15-16,20-21,34-35H,8-11H2,1-2H3,(H,29,31)(H,32,33)(H,25,26,27)/t15-,16+,20-,21+/m1/s1. The van der Waals surface area contributed by atoms with Gasteiger partial charge in [-0.25, -0.2) is 15.0 Å². The van der Waals surface area contributed by atoms with Crippen LogP contribution in [0.2, 0.25) is 0 Å². The molecule has 1 saturated carbocycles. The second-order valence-electron chi connectivity index (χ2n) is 9.76. The van der Waals surface area contributed by atoms with Crippen molar-refractivity contribution >= 4 is 28.9 Å². The van der Waals surface area contributed by atoms with Crippen LogP contribution in [0.4, 0.5) is 5.82 Å². The van der Waals surface area contributed by atoms with Crippen molar-refractivity contribution in [2.45, 2.75) is 63.9 Å². The molecule has 5 N–H and O–H groups in total. The van der Waals surface area contributed by atoms with Crippen LogP contribution in [-0.4, -0.2) is 65.0 Å². The van der Waals surface area contributed by atoms with Gasteiger partial charge in [0.25, 0.3) is 0 Å². The third kappa shape index (κ3) is 5.57. The van der Waals surface area contributed by atoms with Crippen molar-refractivity contribution in [3.8, 4) is 0 Å². The number of carboxylic acid groups (broad SMARTS) is 1. The minimum absolute atomic E-state index is 0.0129. The van der Waals surface area contributed by atoms with E-state index in [1.165, 1.54) is 6.33 Å². The van der Waals surface area contributed by atoms with Gasteiger partial charge in [-0.2, -0.15) is 0 Å². The van der Waals surface area contributed by atoms with E-state index in [0.717, 1.165) is 5.56 Å². The number of benzene rings is 1. The van der Waals surface area contributed by atoms with Crippen LogP contribution in [0, 0.1) is 5.41 Å². The molecule has 0 bridgehead atoms. The number of anilines is 1. The number of carbonyl (C=O) groups is 2. The second kappa shape index (κ2) is 9.96. The van der Waals surface area contributed by atoms with E-state index < -0.39 is 35.7 Å². The minimum Gasteiger partial charge on any atom is -0.481 e. The Balaban J connectivity index is 1.47. The van der Waals surface area contributed by atoms with E-state index in [4.69, 9.17) is 5.11 Å². The number of nitrogens with one attached hydrogen (secondary N) is 2. The van der Waals surface area contributed by atoms with Gasteiger partial charge in [-0.05, 0) is 17.4 Å². The first kappa shape index (κ1) is 24.6. The van der Waals surface area contributed by atoms with Crippen LogP contribution in [0.1, 0.15) is 44.7 Å². The Labute approximate surface area is 202 Å². The molecule has 186 valence electrons. The third-order valence-electron chi connectivity index (χ3n) is 6.29. The minimum atomic E-state index is -1.19. The van der Waals surface area contributed by atoms with Gasteiger partial charge in [-0.3, -0.25) is 9.59 Å². The summed E-state index contributed by atoms with van der Waals surface area (Å²) in [6, 6.07) is 8.59. The van der Waals surface area contributed by atoms with Gasteiger partial charge < -0.3 is 30.5 Å². The second-order valence-corrected chi connectivity index (χ2v) is 9.76. The number of fused-ring (bicyclic) bond motifs is 1. The predicted molar refractivity (Wildman–Crippen MR) is 127 cm³/mol. The summed E-state index contributed by atoms with van der Waals surface area (Å²) in [5.74, 6) is -0.805. The Morgan fingerprint density at radius 2 is 1.83 bits per heavy atom. The van der Waals surface area contributed by atoms with Crippen molar-refractivity contribution in [2.24, 2.45) is 5.41 Å². The molecule has 4 rings (SSSR count). The van der Waals surface area contributed by atoms with E-state index in [0.29, 0.717) is 23.5 Å². The number of aromatic nitrogens is 4. The molecule has 0 radical (unpaired) electrons. The monoisotopic (exact) mass is 482 g/mol. The van der Waals surface area contributed by atoms with Gasteiger partial charge in [0, 0.05) is 13.0 Å². The number of aliphatic carboxylic acids is 1. The van der Waals surface area contributed by atoms with Gasteiger partial charge in [0.05, 0.1) is 24.8 Å². The Morgan fingerprint density at radius 3 is 2.54 bits per heavy atom.